The van der Waals surface area contributed by atoms with Gasteiger partial charge >= 0.3 is 0 Å². The van der Waals surface area contributed by atoms with E-state index in [1.165, 1.54) is 9.80 Å². The summed E-state index contributed by atoms with van der Waals surface area (Å²) in [5.74, 6) is -4.02. The van der Waals surface area contributed by atoms with E-state index in [0.717, 1.165) is 11.1 Å². The highest BCUT2D eigenvalue weighted by Gasteiger charge is 2.39. The quantitative estimate of drug-likeness (QED) is 0.128. The highest BCUT2D eigenvalue weighted by Crippen LogP contribution is 2.21. The molecule has 2 saturated heterocycles. The summed E-state index contributed by atoms with van der Waals surface area (Å²) in [7, 11) is 0. The summed E-state index contributed by atoms with van der Waals surface area (Å²) in [4.78, 5) is 93.8. The second-order valence-corrected chi connectivity index (χ2v) is 13.6. The van der Waals surface area contributed by atoms with Crippen LogP contribution in [0.2, 0.25) is 0 Å². The first kappa shape index (κ1) is 39.5. The van der Waals surface area contributed by atoms with Crippen LogP contribution in [-0.2, 0) is 46.4 Å². The minimum absolute atomic E-state index is 0.126. The molecule has 15 heteroatoms. The molecule has 8 N–H and O–H groups in total. The van der Waals surface area contributed by atoms with Gasteiger partial charge in [0.2, 0.25) is 41.4 Å². The molecule has 0 saturated carbocycles. The number of nitrogens with two attached hydrogens (primary N) is 2. The topological polar surface area (TPSA) is 226 Å². The number of primary amides is 1. The van der Waals surface area contributed by atoms with Crippen molar-refractivity contribution >= 4 is 41.4 Å². The average molecular weight is 719 g/mol. The minimum Gasteiger partial charge on any atom is -0.368 e. The third-order valence-corrected chi connectivity index (χ3v) is 9.34. The Morgan fingerprint density at radius 2 is 1.15 bits per heavy atom. The van der Waals surface area contributed by atoms with Crippen molar-refractivity contribution in [1.82, 2.24) is 31.1 Å². The van der Waals surface area contributed by atoms with Gasteiger partial charge in [0.05, 0.1) is 19.1 Å². The Morgan fingerprint density at radius 3 is 1.63 bits per heavy atom. The van der Waals surface area contributed by atoms with Crippen molar-refractivity contribution in [2.75, 3.05) is 26.2 Å². The predicted molar refractivity (Wildman–Crippen MR) is 192 cm³/mol. The van der Waals surface area contributed by atoms with Crippen LogP contribution in [0.15, 0.2) is 60.7 Å². The zero-order chi connectivity index (χ0) is 37.8. The van der Waals surface area contributed by atoms with Crippen molar-refractivity contribution in [2.45, 2.75) is 82.6 Å². The molecule has 2 aliphatic rings. The molecule has 280 valence electrons. The van der Waals surface area contributed by atoms with E-state index in [1.807, 2.05) is 48.5 Å². The Morgan fingerprint density at radius 1 is 0.692 bits per heavy atom. The fourth-order valence-electron chi connectivity index (χ4n) is 6.63. The zero-order valence-electron chi connectivity index (χ0n) is 29.7. The lowest BCUT2D eigenvalue weighted by Crippen LogP contribution is -2.57. The monoisotopic (exact) mass is 718 g/mol. The molecule has 2 aliphatic heterocycles. The summed E-state index contributed by atoms with van der Waals surface area (Å²) in [5, 5.41) is 10.4. The highest BCUT2D eigenvalue weighted by atomic mass is 16.2. The number of carbonyl (C=O) groups is 7. The van der Waals surface area contributed by atoms with Gasteiger partial charge in [-0.05, 0) is 49.1 Å². The molecule has 0 unspecified atom stereocenters. The third-order valence-electron chi connectivity index (χ3n) is 9.34. The smallest absolute Gasteiger partial charge is 0.246 e. The van der Waals surface area contributed by atoms with Gasteiger partial charge in [0, 0.05) is 19.5 Å². The molecule has 52 heavy (non-hydrogen) atoms. The average Bonchev–Trinajstić information content (AvgIpc) is 3.83. The lowest BCUT2D eigenvalue weighted by Gasteiger charge is -2.29. The number of benzene rings is 2. The highest BCUT2D eigenvalue weighted by molar-refractivity contribution is 5.96. The molecule has 0 aromatic heterocycles. The molecule has 15 nitrogen and oxygen atoms in total. The van der Waals surface area contributed by atoms with Crippen molar-refractivity contribution in [1.29, 1.82) is 0 Å². The Hall–Kier alpha value is -5.31. The van der Waals surface area contributed by atoms with E-state index in [4.69, 9.17) is 11.5 Å². The van der Waals surface area contributed by atoms with E-state index in [0.29, 0.717) is 38.6 Å². The fourth-order valence-corrected chi connectivity index (χ4v) is 6.63. The molecule has 2 aromatic rings. The summed E-state index contributed by atoms with van der Waals surface area (Å²) in [6.45, 7) is 3.24. The van der Waals surface area contributed by atoms with Gasteiger partial charge in [0.25, 0.3) is 0 Å². The molecule has 0 bridgehead atoms. The van der Waals surface area contributed by atoms with Gasteiger partial charge in [-0.1, -0.05) is 74.5 Å². The molecule has 4 rings (SSSR count). The van der Waals surface area contributed by atoms with Crippen LogP contribution in [0.5, 0.6) is 0 Å². The first-order valence-corrected chi connectivity index (χ1v) is 17.7. The number of likely N-dealkylation sites (tertiary alicyclic amines) is 2. The van der Waals surface area contributed by atoms with E-state index >= 15 is 0 Å². The SMILES string of the molecule is CC(C)[C@H](NC(=O)CNC(=O)[C@@H]1CCCN1C(=O)[C@H](Cc1ccccc1)NC(=O)CNC(=O)[C@@H]1CCCN1C(=O)[C@@H](N)Cc1ccccc1)C(N)=O. The van der Waals surface area contributed by atoms with E-state index in [-0.39, 0.29) is 24.8 Å². The number of nitrogens with one attached hydrogen (secondary N) is 4. The van der Waals surface area contributed by atoms with E-state index in [1.54, 1.807) is 26.0 Å². The lowest BCUT2D eigenvalue weighted by atomic mass is 10.0. The fraction of sp³-hybridized carbons (Fsp3) is 0.486. The van der Waals surface area contributed by atoms with Crippen molar-refractivity contribution < 1.29 is 33.6 Å². The first-order chi connectivity index (χ1) is 24.8. The number of hydrogen-bond donors (Lipinski definition) is 6. The molecule has 0 aliphatic carbocycles. The van der Waals surface area contributed by atoms with Crippen molar-refractivity contribution in [2.24, 2.45) is 17.4 Å². The molecule has 2 fully saturated rings. The lowest BCUT2D eigenvalue weighted by molar-refractivity contribution is -0.142. The van der Waals surface area contributed by atoms with Gasteiger partial charge in [-0.25, -0.2) is 0 Å². The molecule has 5 atom stereocenters. The van der Waals surface area contributed by atoms with Crippen molar-refractivity contribution in [3.63, 3.8) is 0 Å². The Bertz CT molecular complexity index is 1590. The maximum atomic E-state index is 14.0. The third kappa shape index (κ3) is 10.8. The first-order valence-electron chi connectivity index (χ1n) is 17.7. The van der Waals surface area contributed by atoms with Gasteiger partial charge in [0.1, 0.15) is 24.2 Å². The summed E-state index contributed by atoms with van der Waals surface area (Å²) in [6, 6.07) is 14.0. The van der Waals surface area contributed by atoms with Gasteiger partial charge in [0.15, 0.2) is 0 Å². The van der Waals surface area contributed by atoms with Gasteiger partial charge in [-0.3, -0.25) is 33.6 Å². The maximum absolute atomic E-state index is 14.0. The molecule has 7 amide bonds. The minimum atomic E-state index is -1.06. The number of carbonyl (C=O) groups excluding carboxylic acids is 7. The van der Waals surface area contributed by atoms with Crippen LogP contribution in [-0.4, -0.2) is 108 Å². The summed E-state index contributed by atoms with van der Waals surface area (Å²) in [6.07, 6.45) is 2.37. The Kier molecular flexibility index (Phi) is 14.3. The maximum Gasteiger partial charge on any atom is 0.246 e. The molecule has 0 spiro atoms. The van der Waals surface area contributed by atoms with Crippen LogP contribution in [0.4, 0.5) is 0 Å². The van der Waals surface area contributed by atoms with Crippen molar-refractivity contribution in [3.05, 3.63) is 71.8 Å². The van der Waals surface area contributed by atoms with Crippen LogP contribution >= 0.6 is 0 Å². The standard InChI is InChI=1S/C37H50N8O7/c1-23(2)32(33(39)48)43-31(47)22-41-35(50)29-16-10-18-45(29)37(52)27(20-25-13-7-4-8-14-25)42-30(46)21-40-34(49)28-15-9-17-44(28)36(51)26(38)19-24-11-5-3-6-12-24/h3-8,11-14,23,26-29,32H,9-10,15-22,38H2,1-2H3,(H2,39,48)(H,40,49)(H,41,50)(H,42,46)(H,43,47)/t26-,27-,28-,29-,32-/m0/s1. The molecule has 2 heterocycles. The van der Waals surface area contributed by atoms with E-state index in [2.05, 4.69) is 21.3 Å². The number of nitrogens with zero attached hydrogens (tertiary/aromatic N) is 2. The van der Waals surface area contributed by atoms with Crippen LogP contribution in [0.3, 0.4) is 0 Å². The molecule has 2 aromatic carbocycles. The van der Waals surface area contributed by atoms with Crippen LogP contribution in [0, 0.1) is 5.92 Å². The van der Waals surface area contributed by atoms with E-state index < -0.39 is 78.7 Å². The van der Waals surface area contributed by atoms with E-state index in [9.17, 15) is 33.6 Å². The Labute approximate surface area is 303 Å². The summed E-state index contributed by atoms with van der Waals surface area (Å²) < 4.78 is 0. The summed E-state index contributed by atoms with van der Waals surface area (Å²) in [5.41, 5.74) is 13.3. The van der Waals surface area contributed by atoms with Gasteiger partial charge in [-0.2, -0.15) is 0 Å². The van der Waals surface area contributed by atoms with Crippen LogP contribution < -0.4 is 32.7 Å². The van der Waals surface area contributed by atoms with Crippen LogP contribution in [0.25, 0.3) is 0 Å². The van der Waals surface area contributed by atoms with Gasteiger partial charge < -0.3 is 42.5 Å². The molecular weight excluding hydrogens is 668 g/mol. The summed E-state index contributed by atoms with van der Waals surface area (Å²) >= 11 is 0. The second kappa shape index (κ2) is 18.8. The van der Waals surface area contributed by atoms with Gasteiger partial charge in [-0.15, -0.1) is 0 Å². The molecular formula is C37H50N8O7. The number of hydrogen-bond acceptors (Lipinski definition) is 8. The van der Waals surface area contributed by atoms with Crippen molar-refractivity contribution in [3.8, 4) is 0 Å². The largest absolute Gasteiger partial charge is 0.368 e. The van der Waals surface area contributed by atoms with Crippen LogP contribution in [0.1, 0.15) is 50.7 Å². The number of rotatable bonds is 16. The number of amides is 7. The predicted octanol–water partition coefficient (Wildman–Crippen LogP) is -0.876. The Balaban J connectivity index is 1.35. The molecule has 0 radical (unpaired) electrons. The normalized spacial score (nSPS) is 18.6. The second-order valence-electron chi connectivity index (χ2n) is 13.6. The zero-order valence-corrected chi connectivity index (χ0v) is 29.7.